The molecule has 2 aromatic heterocycles. The molecule has 6 rings (SSSR count). The van der Waals surface area contributed by atoms with Crippen LogP contribution in [0.5, 0.6) is 0 Å². The Morgan fingerprint density at radius 2 is 1.75 bits per heavy atom. The van der Waals surface area contributed by atoms with E-state index < -0.39 is 21.0 Å². The molecule has 3 fully saturated rings. The highest BCUT2D eigenvalue weighted by Crippen LogP contribution is 2.69. The molecule has 0 amide bonds. The van der Waals surface area contributed by atoms with Crippen LogP contribution in [0.3, 0.4) is 0 Å². The Kier molecular flexibility index (Phi) is 4.28. The number of hydrogen-bond acceptors (Lipinski definition) is 7. The molecule has 2 bridgehead atoms. The number of nitrogens with zero attached hydrogens (tertiary/aromatic N) is 3. The van der Waals surface area contributed by atoms with E-state index in [9.17, 15) is 13.2 Å². The molecule has 168 valence electrons. The SMILES string of the molecule is Cc1ccc(S(=O)(=O)n2ccc3c(NC45CC(C(=O)OC(C)(C)C)(C4)C5)ncnc32)cc1. The maximum atomic E-state index is 13.2. The molecule has 0 unspecified atom stereocenters. The van der Waals surface area contributed by atoms with Crippen LogP contribution in [-0.4, -0.2) is 39.5 Å². The smallest absolute Gasteiger partial charge is 0.312 e. The van der Waals surface area contributed by atoms with E-state index in [1.54, 1.807) is 30.3 Å². The maximum Gasteiger partial charge on any atom is 0.312 e. The van der Waals surface area contributed by atoms with E-state index >= 15 is 0 Å². The fourth-order valence-corrected chi connectivity index (χ4v) is 6.12. The summed E-state index contributed by atoms with van der Waals surface area (Å²) < 4.78 is 33.1. The van der Waals surface area contributed by atoms with E-state index in [4.69, 9.17) is 4.74 Å². The molecule has 32 heavy (non-hydrogen) atoms. The van der Waals surface area contributed by atoms with Crippen LogP contribution in [0.25, 0.3) is 11.0 Å². The van der Waals surface area contributed by atoms with Gasteiger partial charge in [0.05, 0.1) is 15.7 Å². The maximum absolute atomic E-state index is 13.2. The van der Waals surface area contributed by atoms with Gasteiger partial charge in [0.1, 0.15) is 17.7 Å². The van der Waals surface area contributed by atoms with Crippen LogP contribution in [-0.2, 0) is 19.6 Å². The van der Waals surface area contributed by atoms with Crippen molar-refractivity contribution in [2.75, 3.05) is 5.32 Å². The summed E-state index contributed by atoms with van der Waals surface area (Å²) in [6.45, 7) is 7.52. The Bertz CT molecular complexity index is 1320. The van der Waals surface area contributed by atoms with Gasteiger partial charge in [-0.15, -0.1) is 0 Å². The van der Waals surface area contributed by atoms with Crippen LogP contribution >= 0.6 is 0 Å². The van der Waals surface area contributed by atoms with Crippen LogP contribution in [0.4, 0.5) is 5.82 Å². The summed E-state index contributed by atoms with van der Waals surface area (Å²) in [5.41, 5.74) is 0.176. The summed E-state index contributed by atoms with van der Waals surface area (Å²) in [6.07, 6.45) is 4.92. The van der Waals surface area contributed by atoms with Crippen LogP contribution in [0.15, 0.2) is 47.8 Å². The van der Waals surface area contributed by atoms with E-state index in [0.717, 1.165) is 5.56 Å². The third-order valence-corrected chi connectivity index (χ3v) is 7.95. The number of hydrogen-bond donors (Lipinski definition) is 1. The van der Waals surface area contributed by atoms with Crippen molar-refractivity contribution in [2.24, 2.45) is 5.41 Å². The average molecular weight is 455 g/mol. The number of aryl methyl sites for hydroxylation is 1. The molecule has 2 heterocycles. The first kappa shape index (κ1) is 20.9. The van der Waals surface area contributed by atoms with E-state index in [0.29, 0.717) is 36.1 Å². The molecule has 3 aromatic rings. The van der Waals surface area contributed by atoms with Crippen molar-refractivity contribution in [3.63, 3.8) is 0 Å². The molecular weight excluding hydrogens is 428 g/mol. The van der Waals surface area contributed by atoms with Gasteiger partial charge in [-0.25, -0.2) is 22.4 Å². The van der Waals surface area contributed by atoms with Gasteiger partial charge in [-0.05, 0) is 65.2 Å². The summed E-state index contributed by atoms with van der Waals surface area (Å²) in [4.78, 5) is 21.3. The molecule has 1 aromatic carbocycles. The molecule has 8 nitrogen and oxygen atoms in total. The second kappa shape index (κ2) is 6.54. The molecule has 9 heteroatoms. The van der Waals surface area contributed by atoms with Crippen LogP contribution < -0.4 is 5.32 Å². The minimum absolute atomic E-state index is 0.142. The third kappa shape index (κ3) is 3.18. The average Bonchev–Trinajstić information content (AvgIpc) is 3.08. The summed E-state index contributed by atoms with van der Waals surface area (Å²) in [7, 11) is -3.78. The van der Waals surface area contributed by atoms with Crippen molar-refractivity contribution in [3.05, 3.63) is 48.4 Å². The third-order valence-electron chi connectivity index (χ3n) is 6.27. The quantitative estimate of drug-likeness (QED) is 0.587. The lowest BCUT2D eigenvalue weighted by Gasteiger charge is -2.68. The molecule has 0 spiro atoms. The van der Waals surface area contributed by atoms with E-state index in [-0.39, 0.29) is 16.4 Å². The highest BCUT2D eigenvalue weighted by molar-refractivity contribution is 7.90. The van der Waals surface area contributed by atoms with Crippen molar-refractivity contribution >= 4 is 32.8 Å². The highest BCUT2D eigenvalue weighted by Gasteiger charge is 2.73. The molecule has 3 saturated carbocycles. The van der Waals surface area contributed by atoms with Crippen LogP contribution in [0, 0.1) is 12.3 Å². The number of fused-ring (bicyclic) bond motifs is 1. The molecule has 0 saturated heterocycles. The summed E-state index contributed by atoms with van der Waals surface area (Å²) in [6, 6.07) is 8.43. The normalized spacial score (nSPS) is 24.5. The van der Waals surface area contributed by atoms with E-state index in [1.807, 2.05) is 27.7 Å². The topological polar surface area (TPSA) is 103 Å². The first-order valence-corrected chi connectivity index (χ1v) is 12.0. The van der Waals surface area contributed by atoms with Gasteiger partial charge in [-0.1, -0.05) is 17.7 Å². The molecular formula is C23H26N4O4S. The minimum Gasteiger partial charge on any atom is -0.460 e. The van der Waals surface area contributed by atoms with E-state index in [2.05, 4.69) is 15.3 Å². The predicted molar refractivity (Wildman–Crippen MR) is 120 cm³/mol. The molecule has 0 aliphatic heterocycles. The molecule has 0 radical (unpaired) electrons. The number of carbonyl (C=O) groups is 1. The molecule has 3 aliphatic rings. The summed E-state index contributed by atoms with van der Waals surface area (Å²) in [5.74, 6) is 0.433. The Balaban J connectivity index is 1.39. The van der Waals surface area contributed by atoms with E-state index in [1.165, 1.54) is 16.5 Å². The Morgan fingerprint density at radius 3 is 2.38 bits per heavy atom. The zero-order valence-corrected chi connectivity index (χ0v) is 19.4. The number of aromatic nitrogens is 3. The number of esters is 1. The second-order valence-electron chi connectivity index (χ2n) is 10.1. The lowest BCUT2D eigenvalue weighted by molar-refractivity contribution is -0.204. The summed E-state index contributed by atoms with van der Waals surface area (Å²) >= 11 is 0. The number of benzene rings is 1. The van der Waals surface area contributed by atoms with Gasteiger partial charge >= 0.3 is 5.97 Å². The number of nitrogens with one attached hydrogen (secondary N) is 1. The van der Waals surface area contributed by atoms with Gasteiger partial charge in [-0.2, -0.15) is 0 Å². The van der Waals surface area contributed by atoms with Crippen molar-refractivity contribution < 1.29 is 17.9 Å². The fourth-order valence-electron chi connectivity index (χ4n) is 4.82. The van der Waals surface area contributed by atoms with Gasteiger partial charge in [0.15, 0.2) is 5.65 Å². The van der Waals surface area contributed by atoms with Crippen molar-refractivity contribution in [3.8, 4) is 0 Å². The lowest BCUT2D eigenvalue weighted by Crippen LogP contribution is -2.74. The number of anilines is 1. The first-order chi connectivity index (χ1) is 14.9. The summed E-state index contributed by atoms with van der Waals surface area (Å²) in [5, 5.41) is 4.08. The van der Waals surface area contributed by atoms with Gasteiger partial charge < -0.3 is 10.1 Å². The van der Waals surface area contributed by atoms with Crippen LogP contribution in [0.2, 0.25) is 0 Å². The predicted octanol–water partition coefficient (Wildman–Crippen LogP) is 3.65. The molecule has 3 aliphatic carbocycles. The first-order valence-electron chi connectivity index (χ1n) is 10.6. The number of ether oxygens (including phenoxy) is 1. The molecule has 0 atom stereocenters. The highest BCUT2D eigenvalue weighted by atomic mass is 32.2. The minimum atomic E-state index is -3.78. The Labute approximate surface area is 187 Å². The monoisotopic (exact) mass is 454 g/mol. The zero-order valence-electron chi connectivity index (χ0n) is 18.5. The van der Waals surface area contributed by atoms with Gasteiger partial charge in [-0.3, -0.25) is 4.79 Å². The van der Waals surface area contributed by atoms with Gasteiger partial charge in [0.2, 0.25) is 0 Å². The van der Waals surface area contributed by atoms with Gasteiger partial charge in [0, 0.05) is 11.7 Å². The Morgan fingerprint density at radius 1 is 1.09 bits per heavy atom. The second-order valence-corrected chi connectivity index (χ2v) is 11.9. The van der Waals surface area contributed by atoms with Crippen LogP contribution in [0.1, 0.15) is 45.6 Å². The van der Waals surface area contributed by atoms with Crippen molar-refractivity contribution in [2.45, 2.75) is 63.0 Å². The van der Waals surface area contributed by atoms with Crippen molar-refractivity contribution in [1.29, 1.82) is 0 Å². The zero-order chi connectivity index (χ0) is 22.9. The Hall–Kier alpha value is -2.94. The number of carbonyl (C=O) groups excluding carboxylic acids is 1. The fraction of sp³-hybridized carbons (Fsp3) is 0.435. The van der Waals surface area contributed by atoms with Crippen molar-refractivity contribution in [1.82, 2.24) is 13.9 Å². The van der Waals surface area contributed by atoms with Gasteiger partial charge in [0.25, 0.3) is 10.0 Å². The largest absolute Gasteiger partial charge is 0.460 e. The molecule has 1 N–H and O–H groups in total. The lowest BCUT2D eigenvalue weighted by atomic mass is 9.39. The number of rotatable bonds is 5. The standard InChI is InChI=1S/C23H26N4O4S/c1-15-5-7-16(8-6-15)32(29,30)27-10-9-17-18(24-14-25-19(17)27)26-23-11-22(12-23,13-23)20(28)31-21(2,3)4/h5-10,14H,11-13H2,1-4H3,(H,24,25,26).